The molecular formula is C18H26N2. The third-order valence-corrected chi connectivity index (χ3v) is 3.52. The molecule has 0 saturated heterocycles. The van der Waals surface area contributed by atoms with Crippen molar-refractivity contribution in [2.75, 3.05) is 6.54 Å². The number of hydrogen-bond donors (Lipinski definition) is 1. The Labute approximate surface area is 122 Å². The second-order valence-corrected chi connectivity index (χ2v) is 6.10. The monoisotopic (exact) mass is 270 g/mol. The minimum absolute atomic E-state index is 0.687. The van der Waals surface area contributed by atoms with E-state index in [0.29, 0.717) is 5.92 Å². The van der Waals surface area contributed by atoms with Gasteiger partial charge in [0.25, 0.3) is 0 Å². The van der Waals surface area contributed by atoms with E-state index in [0.717, 1.165) is 26.1 Å². The minimum atomic E-state index is 0.687. The molecule has 2 aromatic rings. The highest BCUT2D eigenvalue weighted by Crippen LogP contribution is 2.22. The number of fused-ring (bicyclic) bond motifs is 1. The number of nitrogens with one attached hydrogen (secondary N) is 1. The second kappa shape index (κ2) is 6.76. The van der Waals surface area contributed by atoms with E-state index in [-0.39, 0.29) is 0 Å². The lowest BCUT2D eigenvalue weighted by Gasteiger charge is -2.06. The van der Waals surface area contributed by atoms with Gasteiger partial charge in [0, 0.05) is 30.2 Å². The molecule has 1 N–H and O–H groups in total. The Morgan fingerprint density at radius 3 is 2.75 bits per heavy atom. The number of allylic oxidation sites excluding steroid dienone is 1. The van der Waals surface area contributed by atoms with Crippen molar-refractivity contribution in [3.8, 4) is 0 Å². The Morgan fingerprint density at radius 2 is 2.05 bits per heavy atom. The first kappa shape index (κ1) is 14.9. The lowest BCUT2D eigenvalue weighted by Crippen LogP contribution is -2.18. The third kappa shape index (κ3) is 3.73. The molecule has 0 fully saturated rings. The van der Waals surface area contributed by atoms with Crippen LogP contribution in [0.5, 0.6) is 0 Å². The summed E-state index contributed by atoms with van der Waals surface area (Å²) in [6.07, 6.45) is 3.33. The van der Waals surface area contributed by atoms with Gasteiger partial charge in [0.15, 0.2) is 0 Å². The first-order chi connectivity index (χ1) is 9.58. The first-order valence-electron chi connectivity index (χ1n) is 7.49. The van der Waals surface area contributed by atoms with E-state index in [1.54, 1.807) is 0 Å². The number of benzene rings is 1. The zero-order valence-corrected chi connectivity index (χ0v) is 12.9. The highest BCUT2D eigenvalue weighted by atomic mass is 15.0. The molecule has 2 rings (SSSR count). The molecule has 0 atom stereocenters. The largest absolute Gasteiger partial charge is 0.347 e. The molecule has 1 aromatic heterocycles. The molecule has 0 aliphatic carbocycles. The molecule has 2 nitrogen and oxygen atoms in total. The lowest BCUT2D eigenvalue weighted by molar-refractivity contribution is 0.552. The standard InChI is InChI=1S/C18H26N2/c1-14(2)9-10-20-13-16(12-19-11-15(3)4)17-7-5-6-8-18(17)20/h5-8,13,15,19H,1,9-12H2,2-4H3. The Morgan fingerprint density at radius 1 is 1.30 bits per heavy atom. The van der Waals surface area contributed by atoms with E-state index in [1.165, 1.54) is 22.0 Å². The summed E-state index contributed by atoms with van der Waals surface area (Å²) in [5.41, 5.74) is 3.96. The van der Waals surface area contributed by atoms with E-state index < -0.39 is 0 Å². The molecule has 0 aliphatic heterocycles. The SMILES string of the molecule is C=C(C)CCn1cc(CNCC(C)C)c2ccccc21. The van der Waals surface area contributed by atoms with Crippen molar-refractivity contribution in [3.05, 3.63) is 48.2 Å². The molecule has 20 heavy (non-hydrogen) atoms. The van der Waals surface area contributed by atoms with Crippen LogP contribution in [0.2, 0.25) is 0 Å². The predicted octanol–water partition coefficient (Wildman–Crippen LogP) is 4.35. The van der Waals surface area contributed by atoms with Gasteiger partial charge in [-0.3, -0.25) is 0 Å². The zero-order valence-electron chi connectivity index (χ0n) is 12.9. The van der Waals surface area contributed by atoms with Crippen LogP contribution in [0.4, 0.5) is 0 Å². The van der Waals surface area contributed by atoms with Gasteiger partial charge < -0.3 is 9.88 Å². The molecule has 0 amide bonds. The molecule has 0 aliphatic rings. The smallest absolute Gasteiger partial charge is 0.0483 e. The topological polar surface area (TPSA) is 17.0 Å². The van der Waals surface area contributed by atoms with Gasteiger partial charge in [0.05, 0.1) is 0 Å². The van der Waals surface area contributed by atoms with Crippen LogP contribution in [0.1, 0.15) is 32.8 Å². The highest BCUT2D eigenvalue weighted by molar-refractivity contribution is 5.83. The third-order valence-electron chi connectivity index (χ3n) is 3.52. The van der Waals surface area contributed by atoms with Crippen molar-refractivity contribution in [1.82, 2.24) is 9.88 Å². The summed E-state index contributed by atoms with van der Waals surface area (Å²) in [6, 6.07) is 8.67. The maximum Gasteiger partial charge on any atom is 0.0483 e. The Kier molecular flexibility index (Phi) is 5.02. The molecule has 0 unspecified atom stereocenters. The average Bonchev–Trinajstić information content (AvgIpc) is 2.75. The summed E-state index contributed by atoms with van der Waals surface area (Å²) in [4.78, 5) is 0. The van der Waals surface area contributed by atoms with Gasteiger partial charge in [-0.05, 0) is 37.4 Å². The van der Waals surface area contributed by atoms with Gasteiger partial charge in [0.2, 0.25) is 0 Å². The van der Waals surface area contributed by atoms with Crippen molar-refractivity contribution in [2.45, 2.75) is 40.3 Å². The van der Waals surface area contributed by atoms with Crippen LogP contribution in [0.25, 0.3) is 10.9 Å². The summed E-state index contributed by atoms with van der Waals surface area (Å²) in [7, 11) is 0. The molecule has 0 radical (unpaired) electrons. The molecule has 2 heteroatoms. The molecule has 108 valence electrons. The number of nitrogens with zero attached hydrogens (tertiary/aromatic N) is 1. The fourth-order valence-electron chi connectivity index (χ4n) is 2.46. The van der Waals surface area contributed by atoms with E-state index in [9.17, 15) is 0 Å². The first-order valence-corrected chi connectivity index (χ1v) is 7.49. The Bertz CT molecular complexity index is 578. The molecule has 1 heterocycles. The maximum atomic E-state index is 4.00. The number of hydrogen-bond acceptors (Lipinski definition) is 1. The number of rotatable bonds is 7. The van der Waals surface area contributed by atoms with Crippen LogP contribution < -0.4 is 5.32 Å². The average molecular weight is 270 g/mol. The number of aryl methyl sites for hydroxylation is 1. The second-order valence-electron chi connectivity index (χ2n) is 6.10. The molecule has 0 bridgehead atoms. The van der Waals surface area contributed by atoms with Gasteiger partial charge >= 0.3 is 0 Å². The van der Waals surface area contributed by atoms with Crippen LogP contribution in [0.15, 0.2) is 42.6 Å². The van der Waals surface area contributed by atoms with Gasteiger partial charge in [-0.1, -0.05) is 37.6 Å². The fourth-order valence-corrected chi connectivity index (χ4v) is 2.46. The minimum Gasteiger partial charge on any atom is -0.347 e. The zero-order chi connectivity index (χ0) is 14.5. The normalized spacial score (nSPS) is 11.4. The van der Waals surface area contributed by atoms with E-state index in [1.807, 2.05) is 0 Å². The van der Waals surface area contributed by atoms with Gasteiger partial charge in [0.1, 0.15) is 0 Å². The molecular weight excluding hydrogens is 244 g/mol. The Hall–Kier alpha value is -1.54. The summed E-state index contributed by atoms with van der Waals surface area (Å²) >= 11 is 0. The Balaban J connectivity index is 2.19. The molecule has 0 saturated carbocycles. The van der Waals surface area contributed by atoms with Crippen LogP contribution in [0.3, 0.4) is 0 Å². The summed E-state index contributed by atoms with van der Waals surface area (Å²) in [5, 5.41) is 4.91. The maximum absolute atomic E-state index is 4.00. The van der Waals surface area contributed by atoms with Gasteiger partial charge in [-0.15, -0.1) is 6.58 Å². The summed E-state index contributed by atoms with van der Waals surface area (Å²) in [6.45, 7) is 13.6. The highest BCUT2D eigenvalue weighted by Gasteiger charge is 2.07. The van der Waals surface area contributed by atoms with E-state index in [2.05, 4.69) is 67.7 Å². The number of aromatic nitrogens is 1. The molecule has 1 aromatic carbocycles. The summed E-state index contributed by atoms with van der Waals surface area (Å²) in [5.74, 6) is 0.687. The predicted molar refractivity (Wildman–Crippen MR) is 87.9 cm³/mol. The fraction of sp³-hybridized carbons (Fsp3) is 0.444. The van der Waals surface area contributed by atoms with Crippen LogP contribution in [-0.2, 0) is 13.1 Å². The van der Waals surface area contributed by atoms with Crippen molar-refractivity contribution < 1.29 is 0 Å². The van der Waals surface area contributed by atoms with Gasteiger partial charge in [-0.2, -0.15) is 0 Å². The quantitative estimate of drug-likeness (QED) is 0.740. The summed E-state index contributed by atoms with van der Waals surface area (Å²) < 4.78 is 2.36. The van der Waals surface area contributed by atoms with Gasteiger partial charge in [-0.25, -0.2) is 0 Å². The van der Waals surface area contributed by atoms with Crippen molar-refractivity contribution in [2.24, 2.45) is 5.92 Å². The van der Waals surface area contributed by atoms with E-state index in [4.69, 9.17) is 0 Å². The van der Waals surface area contributed by atoms with E-state index >= 15 is 0 Å². The lowest BCUT2D eigenvalue weighted by atomic mass is 10.1. The number of para-hydroxylation sites is 1. The van der Waals surface area contributed by atoms with Crippen molar-refractivity contribution in [3.63, 3.8) is 0 Å². The van der Waals surface area contributed by atoms with Crippen molar-refractivity contribution >= 4 is 10.9 Å². The van der Waals surface area contributed by atoms with Crippen LogP contribution >= 0.6 is 0 Å². The van der Waals surface area contributed by atoms with Crippen LogP contribution in [0, 0.1) is 5.92 Å². The van der Waals surface area contributed by atoms with Crippen molar-refractivity contribution in [1.29, 1.82) is 0 Å². The van der Waals surface area contributed by atoms with Crippen LogP contribution in [-0.4, -0.2) is 11.1 Å². The molecule has 0 spiro atoms.